The average molecular weight is 1770 g/mol. The summed E-state index contributed by atoms with van der Waals surface area (Å²) in [6.07, 6.45) is 8.49. The topological polar surface area (TPSA) is 245 Å². The number of benzene rings is 8. The number of piperidine rings is 1. The Balaban J connectivity index is 0.000000157. The Morgan fingerprint density at radius 3 is 1.34 bits per heavy atom. The third-order valence-corrected chi connectivity index (χ3v) is 23.9. The van der Waals surface area contributed by atoms with E-state index in [2.05, 4.69) is 27.5 Å². The number of nitrogens with zero attached hydrogens (tertiary/aromatic N) is 10. The zero-order valence-electron chi connectivity index (χ0n) is 67.8. The standard InChI is InChI=1S/C31H35Cl2N5O4.C30H28Cl2FN5O3S.C29H26Cl2N4O2/c1-31(2,3)42-30(40)36-18-21(16-20-8-11-23(41-4)12-9-20)28-24(19-36)27(29(39)35-37-14-6-5-7-15-37)34-38(28)26-13-10-22(32)17-25(26)33;1-19(21-7-5-4-6-8-21)34-30(39)28-25-18-37(42(40,41)36(2)3)17-22(15-20-9-12-24(33)13-10-20)29(25)38(35-28)27-14-11-23(31)16-26(27)32;1-18(20-6-4-3-5-7-20)33-29(36)27-24-17-32-16-21(14-19-8-11-23(37-2)12-9-19)28(24)35(34-27)26-13-10-22(30)15-25(26)31/h8-13,16-17H,5-7,14-15,18-19H2,1-4H3,(H,35,39);4-16,19H,17-18H2,1-3H3,(H,34,39);3-15,18,32H,16-17H2,1-2H3,(H,33,36)/b21-16+;22-15+;21-14+/t;19-;18-/m.11/s1. The fraction of sp³-hybridized carbons (Fsp3) is 0.256. The van der Waals surface area contributed by atoms with Crippen LogP contribution in [0, 0.1) is 5.82 Å². The van der Waals surface area contributed by atoms with Gasteiger partial charge in [-0.2, -0.15) is 32.3 Å². The minimum Gasteiger partial charge on any atom is -0.497 e. The van der Waals surface area contributed by atoms with E-state index in [-0.39, 0.29) is 61.5 Å². The first-order valence-electron chi connectivity index (χ1n) is 38.9. The van der Waals surface area contributed by atoms with Gasteiger partial charge in [-0.3, -0.25) is 24.7 Å². The molecule has 121 heavy (non-hydrogen) atoms. The number of ether oxygens (including phenoxy) is 3. The molecule has 0 aliphatic carbocycles. The Morgan fingerprint density at radius 1 is 0.504 bits per heavy atom. The number of hydrogen-bond acceptors (Lipinski definition) is 14. The quantitative estimate of drug-likeness (QED) is 0.0624. The van der Waals surface area contributed by atoms with E-state index >= 15 is 0 Å². The summed E-state index contributed by atoms with van der Waals surface area (Å²) < 4.78 is 64.1. The van der Waals surface area contributed by atoms with Crippen LogP contribution < -0.4 is 30.8 Å². The second kappa shape index (κ2) is 38.6. The van der Waals surface area contributed by atoms with Crippen LogP contribution in [-0.4, -0.2) is 147 Å². The molecule has 4 aliphatic rings. The number of hydrogen-bond donors (Lipinski definition) is 4. The van der Waals surface area contributed by atoms with E-state index in [0.717, 1.165) is 92.8 Å². The van der Waals surface area contributed by atoms with E-state index in [1.807, 2.05) is 161 Å². The summed E-state index contributed by atoms with van der Waals surface area (Å²) in [5, 5.41) is 28.3. The third-order valence-electron chi connectivity index (χ3n) is 20.4. The molecule has 0 bridgehead atoms. The summed E-state index contributed by atoms with van der Waals surface area (Å²) in [5.41, 5.74) is 15.3. The lowest BCUT2D eigenvalue weighted by atomic mass is 9.97. The van der Waals surface area contributed by atoms with E-state index in [9.17, 15) is 32.0 Å². The van der Waals surface area contributed by atoms with Crippen LogP contribution >= 0.6 is 69.6 Å². The van der Waals surface area contributed by atoms with Crippen molar-refractivity contribution in [1.82, 2.24) is 69.2 Å². The Kier molecular flexibility index (Phi) is 28.1. The maximum absolute atomic E-state index is 13.8. The molecule has 31 heteroatoms. The number of carbonyl (C=O) groups excluding carboxylic acids is 4. The Morgan fingerprint density at radius 2 is 0.909 bits per heavy atom. The van der Waals surface area contributed by atoms with Crippen molar-refractivity contribution in [2.75, 3.05) is 61.0 Å². The highest BCUT2D eigenvalue weighted by Gasteiger charge is 2.40. The molecule has 4 amide bonds. The molecule has 3 aromatic heterocycles. The van der Waals surface area contributed by atoms with Gasteiger partial charge in [-0.05, 0) is 201 Å². The number of nitrogens with one attached hydrogen (secondary N) is 4. The van der Waals surface area contributed by atoms with Crippen molar-refractivity contribution in [2.45, 2.75) is 91.2 Å². The van der Waals surface area contributed by atoms with E-state index in [1.165, 1.54) is 30.5 Å². The first kappa shape index (κ1) is 88.1. The van der Waals surface area contributed by atoms with Crippen LogP contribution in [-0.2, 0) is 34.6 Å². The molecule has 628 valence electrons. The molecule has 7 heterocycles. The third kappa shape index (κ3) is 20.9. The number of aromatic nitrogens is 6. The van der Waals surface area contributed by atoms with Gasteiger partial charge in [0.05, 0.1) is 88.6 Å². The molecule has 8 aromatic carbocycles. The average Bonchev–Trinajstić information content (AvgIpc) is 1.61. The van der Waals surface area contributed by atoms with E-state index in [4.69, 9.17) is 99.1 Å². The summed E-state index contributed by atoms with van der Waals surface area (Å²) in [7, 11) is 2.25. The summed E-state index contributed by atoms with van der Waals surface area (Å²) in [6, 6.07) is 55.3. The minimum atomic E-state index is -3.90. The number of fused-ring (bicyclic) bond motifs is 3. The Hall–Kier alpha value is -10.7. The summed E-state index contributed by atoms with van der Waals surface area (Å²) in [4.78, 5) is 56.0. The van der Waals surface area contributed by atoms with Crippen LogP contribution in [0.2, 0.25) is 30.1 Å². The van der Waals surface area contributed by atoms with Crippen molar-refractivity contribution in [2.24, 2.45) is 0 Å². The number of rotatable bonds is 18. The molecule has 0 unspecified atom stereocenters. The normalized spacial score (nSPS) is 15.7. The van der Waals surface area contributed by atoms with Gasteiger partial charge in [-0.1, -0.05) is 173 Å². The molecule has 0 saturated carbocycles. The smallest absolute Gasteiger partial charge is 0.410 e. The highest BCUT2D eigenvalue weighted by atomic mass is 35.5. The van der Waals surface area contributed by atoms with Gasteiger partial charge in [0.15, 0.2) is 17.1 Å². The van der Waals surface area contributed by atoms with Crippen molar-refractivity contribution in [3.8, 4) is 28.6 Å². The zero-order chi connectivity index (χ0) is 86.1. The van der Waals surface area contributed by atoms with Gasteiger partial charge in [0.25, 0.3) is 27.9 Å². The lowest BCUT2D eigenvalue weighted by Gasteiger charge is -2.32. The van der Waals surface area contributed by atoms with Gasteiger partial charge in [-0.25, -0.2) is 28.2 Å². The number of amides is 4. The van der Waals surface area contributed by atoms with Gasteiger partial charge in [0, 0.05) is 85.1 Å². The highest BCUT2D eigenvalue weighted by molar-refractivity contribution is 7.86. The van der Waals surface area contributed by atoms with Crippen LogP contribution in [0.5, 0.6) is 11.5 Å². The van der Waals surface area contributed by atoms with Gasteiger partial charge in [0.2, 0.25) is 0 Å². The van der Waals surface area contributed by atoms with E-state index in [1.54, 1.807) is 99.9 Å². The molecular formula is C90H89Cl6FN14O9S. The fourth-order valence-corrected chi connectivity index (χ4v) is 16.9. The summed E-state index contributed by atoms with van der Waals surface area (Å²) >= 11 is 38.4. The van der Waals surface area contributed by atoms with Gasteiger partial charge in [-0.15, -0.1) is 0 Å². The van der Waals surface area contributed by atoms with Gasteiger partial charge < -0.3 is 30.2 Å². The van der Waals surface area contributed by atoms with E-state index in [0.29, 0.717) is 99.6 Å². The Labute approximate surface area is 732 Å². The Bertz CT molecular complexity index is 5880. The van der Waals surface area contributed by atoms with Crippen LogP contribution in [0.3, 0.4) is 0 Å². The number of hydrazine groups is 1. The number of halogens is 7. The maximum Gasteiger partial charge on any atom is 0.410 e. The van der Waals surface area contributed by atoms with Crippen molar-refractivity contribution in [1.29, 1.82) is 0 Å². The van der Waals surface area contributed by atoms with Crippen molar-refractivity contribution >= 4 is 139 Å². The first-order chi connectivity index (χ1) is 57.9. The minimum absolute atomic E-state index is 0.0245. The predicted octanol–water partition coefficient (Wildman–Crippen LogP) is 18.9. The second-order valence-corrected chi connectivity index (χ2v) is 35.0. The van der Waals surface area contributed by atoms with Crippen molar-refractivity contribution in [3.63, 3.8) is 0 Å². The molecule has 1 saturated heterocycles. The molecular weight excluding hydrogens is 1680 g/mol. The highest BCUT2D eigenvalue weighted by Crippen LogP contribution is 2.41. The van der Waals surface area contributed by atoms with Gasteiger partial charge in [0.1, 0.15) is 22.9 Å². The first-order valence-corrected chi connectivity index (χ1v) is 42.6. The molecule has 4 N–H and O–H groups in total. The maximum atomic E-state index is 13.8. The molecule has 23 nitrogen and oxygen atoms in total. The lowest BCUT2D eigenvalue weighted by molar-refractivity contribution is 0.0253. The SMILES string of the molecule is COc1ccc(/C=C2\CN(C(=O)OC(C)(C)C)Cc3c(C(=O)NN4CCCCC4)nn(-c4ccc(Cl)cc4Cl)c32)cc1.COc1ccc(/C=C2\CNCc3c(C(=O)N[C@H](C)c4ccccc4)nn(-c4ccc(Cl)cc4Cl)c32)cc1.C[C@@H](NC(=O)c1nn(-c2ccc(Cl)cc2Cl)c2c1CN(S(=O)(=O)N(C)C)C/C2=C\c1ccc(F)cc1)c1ccccc1. The van der Waals surface area contributed by atoms with Crippen LogP contribution in [0.1, 0.15) is 159 Å². The molecule has 2 atom stereocenters. The molecule has 11 aromatic rings. The summed E-state index contributed by atoms with van der Waals surface area (Å²) in [5.74, 6) is 0.0517. The molecule has 0 radical (unpaired) electrons. The van der Waals surface area contributed by atoms with Gasteiger partial charge >= 0.3 is 6.09 Å². The fourth-order valence-electron chi connectivity index (χ4n) is 14.4. The van der Waals surface area contributed by atoms with Crippen molar-refractivity contribution in [3.05, 3.63) is 303 Å². The molecule has 1 fully saturated rings. The number of methoxy groups -OCH3 is 2. The molecule has 0 spiro atoms. The van der Waals surface area contributed by atoms with E-state index < -0.39 is 33.6 Å². The van der Waals surface area contributed by atoms with Crippen LogP contribution in [0.15, 0.2) is 188 Å². The predicted molar refractivity (Wildman–Crippen MR) is 476 cm³/mol. The number of carbonyl (C=O) groups is 4. The second-order valence-electron chi connectivity index (χ2n) is 30.4. The zero-order valence-corrected chi connectivity index (χ0v) is 73.1. The lowest BCUT2D eigenvalue weighted by Crippen LogP contribution is -2.45. The van der Waals surface area contributed by atoms with Crippen LogP contribution in [0.4, 0.5) is 9.18 Å². The largest absolute Gasteiger partial charge is 0.497 e. The summed E-state index contributed by atoms with van der Waals surface area (Å²) in [6.45, 7) is 12.2. The monoisotopic (exact) mass is 1770 g/mol. The van der Waals surface area contributed by atoms with Crippen molar-refractivity contribution < 1.29 is 46.2 Å². The molecule has 4 aliphatic heterocycles. The van der Waals surface area contributed by atoms with Crippen LogP contribution in [0.25, 0.3) is 52.0 Å². The molecule has 15 rings (SSSR count).